The summed E-state index contributed by atoms with van der Waals surface area (Å²) in [6.07, 6.45) is 5.29. The Morgan fingerprint density at radius 3 is 2.84 bits per heavy atom. The molecule has 0 saturated carbocycles. The molecule has 0 radical (unpaired) electrons. The van der Waals surface area contributed by atoms with Crippen molar-refractivity contribution in [1.82, 2.24) is 15.1 Å². The van der Waals surface area contributed by atoms with E-state index in [1.165, 1.54) is 51.9 Å². The Labute approximate surface area is 117 Å². The average molecular weight is 267 g/mol. The van der Waals surface area contributed by atoms with Crippen molar-refractivity contribution in [2.75, 3.05) is 45.9 Å². The molecule has 4 nitrogen and oxygen atoms in total. The third kappa shape index (κ3) is 3.13. The van der Waals surface area contributed by atoms with Crippen molar-refractivity contribution >= 4 is 0 Å². The highest BCUT2D eigenvalue weighted by molar-refractivity contribution is 4.92. The molecule has 3 unspecified atom stereocenters. The fraction of sp³-hybridized carbons (Fsp3) is 1.00. The molecule has 3 saturated heterocycles. The van der Waals surface area contributed by atoms with Crippen LogP contribution in [0, 0.1) is 0 Å². The highest BCUT2D eigenvalue weighted by atomic mass is 16.5. The molecule has 0 aromatic rings. The summed E-state index contributed by atoms with van der Waals surface area (Å²) in [6, 6.07) is 2.03. The van der Waals surface area contributed by atoms with Crippen LogP contribution in [0.4, 0.5) is 0 Å². The van der Waals surface area contributed by atoms with Crippen molar-refractivity contribution in [3.63, 3.8) is 0 Å². The number of nitrogens with one attached hydrogen (secondary N) is 1. The minimum Gasteiger partial charge on any atom is -0.380 e. The Morgan fingerprint density at radius 1 is 1.11 bits per heavy atom. The fourth-order valence-corrected chi connectivity index (χ4v) is 4.12. The van der Waals surface area contributed by atoms with Gasteiger partial charge in [0, 0.05) is 31.3 Å². The van der Waals surface area contributed by atoms with Crippen LogP contribution in [0.15, 0.2) is 0 Å². The van der Waals surface area contributed by atoms with E-state index in [4.69, 9.17) is 4.74 Å². The molecule has 1 N–H and O–H groups in total. The lowest BCUT2D eigenvalue weighted by Crippen LogP contribution is -2.56. The highest BCUT2D eigenvalue weighted by Crippen LogP contribution is 2.24. The number of fused-ring (bicyclic) bond motifs is 1. The first-order valence-electron chi connectivity index (χ1n) is 8.17. The first-order chi connectivity index (χ1) is 9.38. The van der Waals surface area contributed by atoms with Gasteiger partial charge in [-0.3, -0.25) is 9.80 Å². The molecule has 19 heavy (non-hydrogen) atoms. The maximum Gasteiger partial charge on any atom is 0.0637 e. The summed E-state index contributed by atoms with van der Waals surface area (Å²) in [5.41, 5.74) is 0. The van der Waals surface area contributed by atoms with Crippen LogP contribution < -0.4 is 5.32 Å². The van der Waals surface area contributed by atoms with Gasteiger partial charge in [0.15, 0.2) is 0 Å². The molecule has 0 aliphatic carbocycles. The summed E-state index contributed by atoms with van der Waals surface area (Å²) in [5.74, 6) is 0. The van der Waals surface area contributed by atoms with E-state index in [1.54, 1.807) is 0 Å². The summed E-state index contributed by atoms with van der Waals surface area (Å²) >= 11 is 0. The van der Waals surface area contributed by atoms with E-state index in [2.05, 4.69) is 22.0 Å². The molecule has 110 valence electrons. The van der Waals surface area contributed by atoms with E-state index in [0.717, 1.165) is 25.8 Å². The van der Waals surface area contributed by atoms with Gasteiger partial charge in [-0.15, -0.1) is 0 Å². The second kappa shape index (κ2) is 6.53. The molecule has 0 bridgehead atoms. The van der Waals surface area contributed by atoms with E-state index in [-0.39, 0.29) is 0 Å². The van der Waals surface area contributed by atoms with Crippen LogP contribution in [0.1, 0.15) is 32.6 Å². The normalized spacial score (nSPS) is 38.1. The summed E-state index contributed by atoms with van der Waals surface area (Å²) in [7, 11) is 0. The zero-order chi connectivity index (χ0) is 13.1. The third-order valence-corrected chi connectivity index (χ3v) is 5.10. The standard InChI is InChI=1S/C15H29N3O/c1-2-16-14-6-10-19-12-15(14)18-9-4-8-17-7-3-5-13(17)11-18/h13-16H,2-12H2,1H3. The van der Waals surface area contributed by atoms with Crippen LogP contribution in [-0.2, 0) is 4.74 Å². The Hall–Kier alpha value is -0.160. The van der Waals surface area contributed by atoms with Crippen molar-refractivity contribution in [2.24, 2.45) is 0 Å². The highest BCUT2D eigenvalue weighted by Gasteiger charge is 2.35. The lowest BCUT2D eigenvalue weighted by molar-refractivity contribution is -0.00466. The van der Waals surface area contributed by atoms with E-state index in [1.807, 2.05) is 0 Å². The van der Waals surface area contributed by atoms with E-state index >= 15 is 0 Å². The molecule has 3 aliphatic rings. The van der Waals surface area contributed by atoms with Crippen molar-refractivity contribution in [1.29, 1.82) is 0 Å². The van der Waals surface area contributed by atoms with Crippen molar-refractivity contribution in [2.45, 2.75) is 50.7 Å². The molecule has 0 aromatic heterocycles. The van der Waals surface area contributed by atoms with Gasteiger partial charge in [0.1, 0.15) is 0 Å². The Kier molecular flexibility index (Phi) is 4.74. The second-order valence-electron chi connectivity index (χ2n) is 6.28. The molecule has 0 aromatic carbocycles. The molecule has 0 spiro atoms. The van der Waals surface area contributed by atoms with Crippen LogP contribution >= 0.6 is 0 Å². The summed E-state index contributed by atoms with van der Waals surface area (Å²) < 4.78 is 5.77. The minimum atomic E-state index is 0.592. The lowest BCUT2D eigenvalue weighted by atomic mass is 10.0. The first kappa shape index (κ1) is 13.8. The number of hydrogen-bond acceptors (Lipinski definition) is 4. The van der Waals surface area contributed by atoms with Gasteiger partial charge in [-0.2, -0.15) is 0 Å². The largest absolute Gasteiger partial charge is 0.380 e. The van der Waals surface area contributed by atoms with Gasteiger partial charge in [-0.05, 0) is 51.9 Å². The fourth-order valence-electron chi connectivity index (χ4n) is 4.12. The smallest absolute Gasteiger partial charge is 0.0637 e. The molecule has 0 amide bonds. The number of hydrogen-bond donors (Lipinski definition) is 1. The summed E-state index contributed by atoms with van der Waals surface area (Å²) in [6.45, 7) is 10.3. The lowest BCUT2D eigenvalue weighted by Gasteiger charge is -2.40. The van der Waals surface area contributed by atoms with E-state index in [9.17, 15) is 0 Å². The van der Waals surface area contributed by atoms with Gasteiger partial charge in [-0.25, -0.2) is 0 Å². The molecule has 3 aliphatic heterocycles. The summed E-state index contributed by atoms with van der Waals surface area (Å²) in [5, 5.41) is 3.68. The third-order valence-electron chi connectivity index (χ3n) is 5.10. The number of ether oxygens (including phenoxy) is 1. The number of rotatable bonds is 3. The number of nitrogens with zero attached hydrogens (tertiary/aromatic N) is 2. The Balaban J connectivity index is 1.65. The van der Waals surface area contributed by atoms with Crippen molar-refractivity contribution in [3.05, 3.63) is 0 Å². The molecule has 3 atom stereocenters. The first-order valence-corrected chi connectivity index (χ1v) is 8.17. The van der Waals surface area contributed by atoms with Crippen LogP contribution in [0.5, 0.6) is 0 Å². The molecule has 4 heteroatoms. The van der Waals surface area contributed by atoms with Crippen LogP contribution in [-0.4, -0.2) is 73.9 Å². The summed E-state index contributed by atoms with van der Waals surface area (Å²) in [4.78, 5) is 5.44. The van der Waals surface area contributed by atoms with E-state index in [0.29, 0.717) is 12.1 Å². The van der Waals surface area contributed by atoms with Gasteiger partial charge in [-0.1, -0.05) is 6.92 Å². The van der Waals surface area contributed by atoms with Crippen LogP contribution in [0.3, 0.4) is 0 Å². The topological polar surface area (TPSA) is 27.7 Å². The average Bonchev–Trinajstić information content (AvgIpc) is 2.77. The number of likely N-dealkylation sites (N-methyl/N-ethyl adjacent to an activating group) is 1. The van der Waals surface area contributed by atoms with Gasteiger partial charge in [0.05, 0.1) is 6.61 Å². The van der Waals surface area contributed by atoms with Crippen LogP contribution in [0.2, 0.25) is 0 Å². The maximum absolute atomic E-state index is 5.77. The minimum absolute atomic E-state index is 0.592. The SMILES string of the molecule is CCNC1CCOCC1N1CCCN2CCCC2C1. The monoisotopic (exact) mass is 267 g/mol. The molecule has 3 rings (SSSR count). The molecule has 3 fully saturated rings. The van der Waals surface area contributed by atoms with Gasteiger partial charge in [0.2, 0.25) is 0 Å². The van der Waals surface area contributed by atoms with Gasteiger partial charge in [0.25, 0.3) is 0 Å². The zero-order valence-electron chi connectivity index (χ0n) is 12.3. The van der Waals surface area contributed by atoms with Crippen molar-refractivity contribution < 1.29 is 4.74 Å². The molecular weight excluding hydrogens is 238 g/mol. The van der Waals surface area contributed by atoms with Gasteiger partial charge >= 0.3 is 0 Å². The van der Waals surface area contributed by atoms with Crippen LogP contribution in [0.25, 0.3) is 0 Å². The Bertz CT molecular complexity index is 285. The van der Waals surface area contributed by atoms with Crippen molar-refractivity contribution in [3.8, 4) is 0 Å². The van der Waals surface area contributed by atoms with E-state index < -0.39 is 0 Å². The molecular formula is C15H29N3O. The quantitative estimate of drug-likeness (QED) is 0.823. The zero-order valence-corrected chi connectivity index (χ0v) is 12.3. The Morgan fingerprint density at radius 2 is 1.95 bits per heavy atom. The maximum atomic E-state index is 5.77. The predicted molar refractivity (Wildman–Crippen MR) is 77.5 cm³/mol. The van der Waals surface area contributed by atoms with Gasteiger partial charge < -0.3 is 10.1 Å². The second-order valence-corrected chi connectivity index (χ2v) is 6.28. The predicted octanol–water partition coefficient (Wildman–Crippen LogP) is 0.924. The molecule has 3 heterocycles.